The van der Waals surface area contributed by atoms with Crippen LogP contribution in [-0.4, -0.2) is 24.0 Å². The summed E-state index contributed by atoms with van der Waals surface area (Å²) in [6.45, 7) is 0. The zero-order valence-corrected chi connectivity index (χ0v) is 10.5. The molecule has 0 saturated heterocycles. The highest BCUT2D eigenvalue weighted by molar-refractivity contribution is 6.31. The minimum absolute atomic E-state index is 0.0957. The zero-order valence-electron chi connectivity index (χ0n) is 9.74. The highest BCUT2D eigenvalue weighted by atomic mass is 35.5. The number of benzene rings is 1. The van der Waals surface area contributed by atoms with Gasteiger partial charge in [-0.2, -0.15) is 0 Å². The highest BCUT2D eigenvalue weighted by Gasteiger charge is 2.44. The Balaban J connectivity index is 2.49. The molecule has 1 aliphatic carbocycles. The van der Waals surface area contributed by atoms with Gasteiger partial charge in [-0.05, 0) is 25.1 Å². The van der Waals surface area contributed by atoms with Crippen molar-refractivity contribution in [2.24, 2.45) is 0 Å². The third-order valence-electron chi connectivity index (χ3n) is 3.48. The van der Waals surface area contributed by atoms with Crippen LogP contribution in [0.4, 0.5) is 0 Å². The number of Topliss-reactive ketones (excluding diaryl/α,β-unsaturated/α-hetero) is 1. The van der Waals surface area contributed by atoms with Gasteiger partial charge in [0.1, 0.15) is 5.54 Å². The van der Waals surface area contributed by atoms with Gasteiger partial charge in [-0.3, -0.25) is 4.79 Å². The number of hydrogen-bond acceptors (Lipinski definition) is 3. The molecule has 1 aliphatic rings. The second kappa shape index (κ2) is 4.77. The largest absolute Gasteiger partial charge is 0.393 e. The van der Waals surface area contributed by atoms with Crippen molar-refractivity contribution in [2.45, 2.75) is 30.9 Å². The summed E-state index contributed by atoms with van der Waals surface area (Å²) in [4.78, 5) is 12.2. The molecule has 92 valence electrons. The van der Waals surface area contributed by atoms with Gasteiger partial charge in [0.05, 0.1) is 6.10 Å². The lowest BCUT2D eigenvalue weighted by molar-refractivity contribution is -0.130. The average molecular weight is 254 g/mol. The molecule has 2 rings (SSSR count). The van der Waals surface area contributed by atoms with Crippen molar-refractivity contribution in [1.82, 2.24) is 5.32 Å². The van der Waals surface area contributed by atoms with Crippen LogP contribution >= 0.6 is 11.6 Å². The topological polar surface area (TPSA) is 49.3 Å². The Kier molecular flexibility index (Phi) is 3.52. The van der Waals surface area contributed by atoms with E-state index < -0.39 is 11.6 Å². The van der Waals surface area contributed by atoms with Crippen molar-refractivity contribution in [2.75, 3.05) is 7.05 Å². The molecule has 0 amide bonds. The fourth-order valence-corrected chi connectivity index (χ4v) is 2.82. The van der Waals surface area contributed by atoms with Gasteiger partial charge in [-0.1, -0.05) is 29.8 Å². The number of likely N-dealkylation sites (N-methyl/N-ethyl adjacent to an activating group) is 1. The molecule has 0 aromatic heterocycles. The predicted octanol–water partition coefficient (Wildman–Crippen LogP) is 1.87. The van der Waals surface area contributed by atoms with E-state index in [2.05, 4.69) is 5.32 Å². The van der Waals surface area contributed by atoms with Crippen LogP contribution in [0.1, 0.15) is 24.8 Å². The third-order valence-corrected chi connectivity index (χ3v) is 3.81. The Bertz CT molecular complexity index is 435. The van der Waals surface area contributed by atoms with Crippen molar-refractivity contribution in [1.29, 1.82) is 0 Å². The first-order valence-corrected chi connectivity index (χ1v) is 6.13. The summed E-state index contributed by atoms with van der Waals surface area (Å²) in [5.41, 5.74) is -0.0800. The number of hydrogen-bond donors (Lipinski definition) is 2. The summed E-state index contributed by atoms with van der Waals surface area (Å²) in [5, 5.41) is 13.4. The third kappa shape index (κ3) is 2.10. The van der Waals surface area contributed by atoms with Crippen molar-refractivity contribution in [3.63, 3.8) is 0 Å². The van der Waals surface area contributed by atoms with Crippen molar-refractivity contribution >= 4 is 17.4 Å². The smallest absolute Gasteiger partial charge is 0.157 e. The minimum atomic E-state index is -0.837. The van der Waals surface area contributed by atoms with Gasteiger partial charge in [-0.15, -0.1) is 0 Å². The van der Waals surface area contributed by atoms with Crippen LogP contribution < -0.4 is 5.32 Å². The second-order valence-electron chi connectivity index (χ2n) is 4.45. The molecule has 2 N–H and O–H groups in total. The minimum Gasteiger partial charge on any atom is -0.393 e. The quantitative estimate of drug-likeness (QED) is 0.846. The summed E-state index contributed by atoms with van der Waals surface area (Å²) < 4.78 is 0. The molecule has 0 bridgehead atoms. The Morgan fingerprint density at radius 1 is 1.47 bits per heavy atom. The van der Waals surface area contributed by atoms with Gasteiger partial charge in [0.2, 0.25) is 0 Å². The lowest BCUT2D eigenvalue weighted by Crippen LogP contribution is -2.52. The number of nitrogens with one attached hydrogen (secondary N) is 1. The van der Waals surface area contributed by atoms with Gasteiger partial charge < -0.3 is 10.4 Å². The maximum Gasteiger partial charge on any atom is 0.157 e. The number of halogens is 1. The Labute approximate surface area is 106 Å². The molecule has 0 heterocycles. The molecular formula is C13H16ClNO2. The first kappa shape index (κ1) is 12.6. The average Bonchev–Trinajstić information content (AvgIpc) is 2.33. The molecule has 0 spiro atoms. The number of aliphatic hydroxyl groups excluding tert-OH is 1. The fraction of sp³-hybridized carbons (Fsp3) is 0.462. The molecule has 3 nitrogen and oxygen atoms in total. The van der Waals surface area contributed by atoms with Crippen LogP contribution in [0.3, 0.4) is 0 Å². The maximum atomic E-state index is 12.2. The van der Waals surface area contributed by atoms with Crippen LogP contribution in [0.5, 0.6) is 0 Å². The molecule has 1 saturated carbocycles. The normalized spacial score (nSPS) is 29.4. The predicted molar refractivity (Wildman–Crippen MR) is 67.1 cm³/mol. The van der Waals surface area contributed by atoms with E-state index in [0.717, 1.165) is 5.56 Å². The first-order valence-electron chi connectivity index (χ1n) is 5.75. The van der Waals surface area contributed by atoms with E-state index >= 15 is 0 Å². The van der Waals surface area contributed by atoms with Crippen molar-refractivity contribution < 1.29 is 9.90 Å². The molecule has 4 heteroatoms. The van der Waals surface area contributed by atoms with Crippen molar-refractivity contribution in [3.8, 4) is 0 Å². The van der Waals surface area contributed by atoms with Gasteiger partial charge >= 0.3 is 0 Å². The molecule has 1 fully saturated rings. The fourth-order valence-electron chi connectivity index (χ4n) is 2.52. The molecule has 0 aliphatic heterocycles. The summed E-state index contributed by atoms with van der Waals surface area (Å²) in [6.07, 6.45) is 0.836. The van der Waals surface area contributed by atoms with Crippen molar-refractivity contribution in [3.05, 3.63) is 34.9 Å². The molecule has 1 aromatic carbocycles. The summed E-state index contributed by atoms with van der Waals surface area (Å²) in [5.74, 6) is 0.0957. The summed E-state index contributed by atoms with van der Waals surface area (Å²) in [7, 11) is 1.74. The van der Waals surface area contributed by atoms with Gasteiger partial charge in [0.25, 0.3) is 0 Å². The number of carbonyl (C=O) groups excluding carboxylic acids is 1. The monoisotopic (exact) mass is 253 g/mol. The Morgan fingerprint density at radius 2 is 2.18 bits per heavy atom. The highest BCUT2D eigenvalue weighted by Crippen LogP contribution is 2.37. The van der Waals surface area contributed by atoms with E-state index in [9.17, 15) is 9.90 Å². The van der Waals surface area contributed by atoms with Gasteiger partial charge in [-0.25, -0.2) is 0 Å². The molecule has 0 radical (unpaired) electrons. The molecule has 2 atom stereocenters. The number of carbonyl (C=O) groups is 1. The van der Waals surface area contributed by atoms with E-state index in [1.54, 1.807) is 13.1 Å². The van der Waals surface area contributed by atoms with Crippen LogP contribution in [-0.2, 0) is 10.3 Å². The maximum absolute atomic E-state index is 12.2. The van der Waals surface area contributed by atoms with Crippen LogP contribution in [0, 0.1) is 0 Å². The lowest BCUT2D eigenvalue weighted by Gasteiger charge is -2.38. The van der Waals surface area contributed by atoms with E-state index in [4.69, 9.17) is 11.6 Å². The molecular weight excluding hydrogens is 238 g/mol. The zero-order chi connectivity index (χ0) is 12.5. The number of aliphatic hydroxyl groups is 1. The summed E-state index contributed by atoms with van der Waals surface area (Å²) in [6, 6.07) is 7.30. The standard InChI is InChI=1S/C13H16ClNO2/c1-15-13(8-9(16)6-7-12(13)17)10-4-2-3-5-11(10)14/h2-5,9,15-16H,6-8H2,1H3/t9-,13-/m0/s1. The Hall–Kier alpha value is -0.900. The molecule has 1 aromatic rings. The number of rotatable bonds is 2. The molecule has 0 unspecified atom stereocenters. The van der Waals surface area contributed by atoms with Crippen LogP contribution in [0.25, 0.3) is 0 Å². The number of ketones is 1. The summed E-state index contributed by atoms with van der Waals surface area (Å²) >= 11 is 6.17. The van der Waals surface area contributed by atoms with Gasteiger partial charge in [0, 0.05) is 17.9 Å². The van der Waals surface area contributed by atoms with E-state index in [1.165, 1.54) is 0 Å². The lowest BCUT2D eigenvalue weighted by atomic mass is 9.74. The van der Waals surface area contributed by atoms with E-state index in [1.807, 2.05) is 18.2 Å². The van der Waals surface area contributed by atoms with E-state index in [-0.39, 0.29) is 5.78 Å². The molecule has 17 heavy (non-hydrogen) atoms. The first-order chi connectivity index (χ1) is 8.10. The van der Waals surface area contributed by atoms with E-state index in [0.29, 0.717) is 24.3 Å². The van der Waals surface area contributed by atoms with Crippen LogP contribution in [0.2, 0.25) is 5.02 Å². The van der Waals surface area contributed by atoms with Gasteiger partial charge in [0.15, 0.2) is 5.78 Å². The van der Waals surface area contributed by atoms with Crippen LogP contribution in [0.15, 0.2) is 24.3 Å². The second-order valence-corrected chi connectivity index (χ2v) is 4.86. The SMILES string of the molecule is CN[C@]1(c2ccccc2Cl)C[C@@H](O)CCC1=O. The Morgan fingerprint density at radius 3 is 2.82 bits per heavy atom.